The van der Waals surface area contributed by atoms with Crippen molar-refractivity contribution in [3.05, 3.63) is 65.5 Å². The molecule has 30 heavy (non-hydrogen) atoms. The molecule has 7 heteroatoms. The molecule has 2 aromatic rings. The van der Waals surface area contributed by atoms with Gasteiger partial charge in [0.25, 0.3) is 0 Å². The molecule has 0 saturated carbocycles. The minimum absolute atomic E-state index is 0.231. The molecular formula is C23H29FN4O2. The fourth-order valence-electron chi connectivity index (χ4n) is 3.38. The molecular weight excluding hydrogens is 383 g/mol. The third kappa shape index (κ3) is 6.20. The first-order chi connectivity index (χ1) is 14.5. The molecule has 0 radical (unpaired) electrons. The maximum absolute atomic E-state index is 13.7. The van der Waals surface area contributed by atoms with Gasteiger partial charge in [-0.05, 0) is 36.6 Å². The summed E-state index contributed by atoms with van der Waals surface area (Å²) in [5.41, 5.74) is 2.23. The van der Waals surface area contributed by atoms with Crippen LogP contribution in [0.15, 0.2) is 53.5 Å². The second kappa shape index (κ2) is 10.6. The van der Waals surface area contributed by atoms with E-state index in [2.05, 4.69) is 21.7 Å². The summed E-state index contributed by atoms with van der Waals surface area (Å²) in [7, 11) is 1.70. The number of amides is 1. The van der Waals surface area contributed by atoms with Crippen molar-refractivity contribution >= 4 is 11.9 Å². The smallest absolute Gasteiger partial charge is 0.222 e. The summed E-state index contributed by atoms with van der Waals surface area (Å²) in [6, 6.07) is 14.6. The van der Waals surface area contributed by atoms with Crippen molar-refractivity contribution in [3.63, 3.8) is 0 Å². The largest absolute Gasteiger partial charge is 0.486 e. The van der Waals surface area contributed by atoms with Crippen molar-refractivity contribution in [2.75, 3.05) is 20.1 Å². The van der Waals surface area contributed by atoms with Crippen LogP contribution in [0.2, 0.25) is 0 Å². The standard InChI is InChI=1S/C23H29FN4O2/c1-17(30-21-10-4-3-9-20(21)24)14-26-23(25-2)27-15-18-7-5-8-19(13-18)16-28-12-6-11-22(28)29/h3-5,7-10,13,17H,6,11-12,14-16H2,1-2H3,(H2,25,26,27). The number of nitrogens with one attached hydrogen (secondary N) is 2. The number of carbonyl (C=O) groups is 1. The van der Waals surface area contributed by atoms with Gasteiger partial charge in [-0.2, -0.15) is 0 Å². The van der Waals surface area contributed by atoms with Crippen LogP contribution in [-0.4, -0.2) is 43.0 Å². The summed E-state index contributed by atoms with van der Waals surface area (Å²) in [5.74, 6) is 0.736. The SMILES string of the molecule is CN=C(NCc1cccc(CN2CCCC2=O)c1)NCC(C)Oc1ccccc1F. The molecule has 6 nitrogen and oxygen atoms in total. The lowest BCUT2D eigenvalue weighted by molar-refractivity contribution is -0.128. The average Bonchev–Trinajstić information content (AvgIpc) is 3.14. The van der Waals surface area contributed by atoms with Gasteiger partial charge in [0, 0.05) is 33.1 Å². The molecule has 0 spiro atoms. The second-order valence-corrected chi connectivity index (χ2v) is 7.40. The van der Waals surface area contributed by atoms with Crippen LogP contribution in [0.1, 0.15) is 30.9 Å². The Hall–Kier alpha value is -3.09. The van der Waals surface area contributed by atoms with Crippen molar-refractivity contribution in [2.24, 2.45) is 4.99 Å². The summed E-state index contributed by atoms with van der Waals surface area (Å²) < 4.78 is 19.3. The molecule has 2 aromatic carbocycles. The van der Waals surface area contributed by atoms with Crippen molar-refractivity contribution in [3.8, 4) is 5.75 Å². The fraction of sp³-hybridized carbons (Fsp3) is 0.391. The molecule has 1 unspecified atom stereocenters. The number of ether oxygens (including phenoxy) is 1. The number of halogens is 1. The van der Waals surface area contributed by atoms with E-state index in [0.717, 1.165) is 24.1 Å². The van der Waals surface area contributed by atoms with Gasteiger partial charge in [0.1, 0.15) is 6.10 Å². The fourth-order valence-corrected chi connectivity index (χ4v) is 3.38. The highest BCUT2D eigenvalue weighted by Gasteiger charge is 2.19. The van der Waals surface area contributed by atoms with Gasteiger partial charge in [-0.3, -0.25) is 9.79 Å². The summed E-state index contributed by atoms with van der Waals surface area (Å²) in [6.45, 7) is 4.44. The van der Waals surface area contributed by atoms with Crippen LogP contribution in [0.25, 0.3) is 0 Å². The first-order valence-electron chi connectivity index (χ1n) is 10.3. The van der Waals surface area contributed by atoms with Gasteiger partial charge in [-0.1, -0.05) is 36.4 Å². The first kappa shape index (κ1) is 21.6. The molecule has 0 aromatic heterocycles. The van der Waals surface area contributed by atoms with Crippen molar-refractivity contribution in [1.82, 2.24) is 15.5 Å². The number of hydrogen-bond donors (Lipinski definition) is 2. The molecule has 160 valence electrons. The summed E-state index contributed by atoms with van der Waals surface area (Å²) >= 11 is 0. The summed E-state index contributed by atoms with van der Waals surface area (Å²) in [6.07, 6.45) is 1.37. The van der Waals surface area contributed by atoms with E-state index in [1.165, 1.54) is 6.07 Å². The Bertz CT molecular complexity index is 887. The highest BCUT2D eigenvalue weighted by molar-refractivity contribution is 5.79. The molecule has 1 saturated heterocycles. The molecule has 1 atom stereocenters. The number of carbonyl (C=O) groups excluding carboxylic acids is 1. The number of benzene rings is 2. The monoisotopic (exact) mass is 412 g/mol. The molecule has 2 N–H and O–H groups in total. The molecule has 0 bridgehead atoms. The lowest BCUT2D eigenvalue weighted by Gasteiger charge is -2.18. The highest BCUT2D eigenvalue weighted by Crippen LogP contribution is 2.17. The Morgan fingerprint density at radius 2 is 2.00 bits per heavy atom. The molecule has 1 fully saturated rings. The summed E-state index contributed by atoms with van der Waals surface area (Å²) in [4.78, 5) is 18.0. The Labute approximate surface area is 177 Å². The molecule has 0 aliphatic carbocycles. The molecule has 3 rings (SSSR count). The summed E-state index contributed by atoms with van der Waals surface area (Å²) in [5, 5.41) is 6.47. The van der Waals surface area contributed by atoms with Gasteiger partial charge >= 0.3 is 0 Å². The van der Waals surface area contributed by atoms with Gasteiger partial charge in [0.2, 0.25) is 5.91 Å². The van der Waals surface area contributed by atoms with Crippen molar-refractivity contribution in [2.45, 2.75) is 39.0 Å². The number of nitrogens with zero attached hydrogens (tertiary/aromatic N) is 2. The van der Waals surface area contributed by atoms with Crippen LogP contribution >= 0.6 is 0 Å². The quantitative estimate of drug-likeness (QED) is 0.517. The maximum atomic E-state index is 13.7. The van der Waals surface area contributed by atoms with E-state index in [1.807, 2.05) is 30.0 Å². The zero-order valence-corrected chi connectivity index (χ0v) is 17.5. The van der Waals surface area contributed by atoms with Crippen LogP contribution in [-0.2, 0) is 17.9 Å². The van der Waals surface area contributed by atoms with E-state index in [4.69, 9.17) is 4.74 Å². The lowest BCUT2D eigenvalue weighted by atomic mass is 10.1. The van der Waals surface area contributed by atoms with Gasteiger partial charge in [-0.25, -0.2) is 4.39 Å². The van der Waals surface area contributed by atoms with E-state index in [9.17, 15) is 9.18 Å². The number of hydrogen-bond acceptors (Lipinski definition) is 3. The van der Waals surface area contributed by atoms with E-state index in [-0.39, 0.29) is 23.6 Å². The molecule has 1 amide bonds. The van der Waals surface area contributed by atoms with E-state index in [0.29, 0.717) is 32.0 Å². The van der Waals surface area contributed by atoms with Crippen LogP contribution in [0.3, 0.4) is 0 Å². The molecule has 1 heterocycles. The number of aliphatic imine (C=N–C) groups is 1. The highest BCUT2D eigenvalue weighted by atomic mass is 19.1. The van der Waals surface area contributed by atoms with Gasteiger partial charge in [0.15, 0.2) is 17.5 Å². The van der Waals surface area contributed by atoms with Crippen molar-refractivity contribution < 1.29 is 13.9 Å². The predicted octanol–water partition coefficient (Wildman–Crippen LogP) is 3.08. The zero-order valence-electron chi connectivity index (χ0n) is 17.5. The first-order valence-corrected chi connectivity index (χ1v) is 10.3. The predicted molar refractivity (Wildman–Crippen MR) is 116 cm³/mol. The van der Waals surface area contributed by atoms with Gasteiger partial charge in [-0.15, -0.1) is 0 Å². The van der Waals surface area contributed by atoms with Crippen LogP contribution in [0, 0.1) is 5.82 Å². The number of para-hydroxylation sites is 1. The minimum Gasteiger partial charge on any atom is -0.486 e. The zero-order chi connectivity index (χ0) is 21.3. The van der Waals surface area contributed by atoms with Crippen LogP contribution < -0.4 is 15.4 Å². The van der Waals surface area contributed by atoms with E-state index in [1.54, 1.807) is 25.2 Å². The topological polar surface area (TPSA) is 66.0 Å². The normalized spacial score (nSPS) is 15.2. The van der Waals surface area contributed by atoms with Gasteiger partial charge < -0.3 is 20.3 Å². The Morgan fingerprint density at radius 3 is 2.73 bits per heavy atom. The maximum Gasteiger partial charge on any atom is 0.222 e. The molecule has 1 aliphatic heterocycles. The van der Waals surface area contributed by atoms with Gasteiger partial charge in [0.05, 0.1) is 6.54 Å². The van der Waals surface area contributed by atoms with E-state index < -0.39 is 0 Å². The third-order valence-electron chi connectivity index (χ3n) is 4.94. The van der Waals surface area contributed by atoms with Crippen molar-refractivity contribution in [1.29, 1.82) is 0 Å². The number of likely N-dealkylation sites (tertiary alicyclic amines) is 1. The van der Waals surface area contributed by atoms with Crippen LogP contribution in [0.4, 0.5) is 4.39 Å². The average molecular weight is 413 g/mol. The Balaban J connectivity index is 1.46. The minimum atomic E-state index is -0.373. The lowest BCUT2D eigenvalue weighted by Crippen LogP contribution is -2.41. The third-order valence-corrected chi connectivity index (χ3v) is 4.94. The molecule has 1 aliphatic rings. The van der Waals surface area contributed by atoms with E-state index >= 15 is 0 Å². The number of guanidine groups is 1. The Morgan fingerprint density at radius 1 is 1.20 bits per heavy atom. The number of rotatable bonds is 8. The van der Waals surface area contributed by atoms with Crippen LogP contribution in [0.5, 0.6) is 5.75 Å². The Kier molecular flexibility index (Phi) is 7.65. The second-order valence-electron chi connectivity index (χ2n) is 7.40.